The second-order valence-corrected chi connectivity index (χ2v) is 3.55. The summed E-state index contributed by atoms with van der Waals surface area (Å²) in [6, 6.07) is 3.68. The van der Waals surface area contributed by atoms with E-state index < -0.39 is 0 Å². The highest BCUT2D eigenvalue weighted by molar-refractivity contribution is 5.91. The maximum Gasteiger partial charge on any atom is 0.244 e. The number of carbonyl (C=O) groups is 1. The molecule has 2 N–H and O–H groups in total. The van der Waals surface area contributed by atoms with Gasteiger partial charge in [-0.15, -0.1) is 0 Å². The van der Waals surface area contributed by atoms with E-state index in [0.29, 0.717) is 13.0 Å². The third-order valence-corrected chi connectivity index (χ3v) is 1.97. The molecule has 16 heavy (non-hydrogen) atoms. The molecule has 0 aliphatic carbocycles. The third-order valence-electron chi connectivity index (χ3n) is 1.97. The molecule has 0 saturated carbocycles. The Morgan fingerprint density at radius 1 is 1.69 bits per heavy atom. The van der Waals surface area contributed by atoms with E-state index in [1.165, 1.54) is 6.08 Å². The fraction of sp³-hybridized carbons (Fsp3) is 0.333. The lowest BCUT2D eigenvalue weighted by Gasteiger charge is -2.03. The SMILES string of the molecule is CC(O)CCNC(=O)C=Cc1cccnc1. The van der Waals surface area contributed by atoms with E-state index in [4.69, 9.17) is 5.11 Å². The van der Waals surface area contributed by atoms with E-state index in [0.717, 1.165) is 5.56 Å². The molecule has 1 rings (SSSR count). The molecule has 0 bridgehead atoms. The first-order valence-corrected chi connectivity index (χ1v) is 5.22. The number of pyridine rings is 1. The molecule has 4 nitrogen and oxygen atoms in total. The van der Waals surface area contributed by atoms with Crippen LogP contribution in [0, 0.1) is 0 Å². The first kappa shape index (κ1) is 12.4. The topological polar surface area (TPSA) is 62.2 Å². The quantitative estimate of drug-likeness (QED) is 0.727. The van der Waals surface area contributed by atoms with Crippen LogP contribution in [0.3, 0.4) is 0 Å². The van der Waals surface area contributed by atoms with Gasteiger partial charge < -0.3 is 10.4 Å². The van der Waals surface area contributed by atoms with Crippen molar-refractivity contribution in [3.63, 3.8) is 0 Å². The van der Waals surface area contributed by atoms with E-state index in [1.807, 2.05) is 12.1 Å². The van der Waals surface area contributed by atoms with Crippen molar-refractivity contribution in [2.45, 2.75) is 19.4 Å². The van der Waals surface area contributed by atoms with Gasteiger partial charge >= 0.3 is 0 Å². The van der Waals surface area contributed by atoms with E-state index in [2.05, 4.69) is 10.3 Å². The maximum absolute atomic E-state index is 11.3. The van der Waals surface area contributed by atoms with Crippen LogP contribution in [0.5, 0.6) is 0 Å². The first-order valence-electron chi connectivity index (χ1n) is 5.22. The highest BCUT2D eigenvalue weighted by atomic mass is 16.3. The molecule has 0 aromatic carbocycles. The number of aliphatic hydroxyl groups is 1. The van der Waals surface area contributed by atoms with Gasteiger partial charge in [-0.3, -0.25) is 9.78 Å². The molecule has 0 aliphatic heterocycles. The lowest BCUT2D eigenvalue weighted by molar-refractivity contribution is -0.116. The van der Waals surface area contributed by atoms with Gasteiger partial charge in [0, 0.05) is 25.0 Å². The summed E-state index contributed by atoms with van der Waals surface area (Å²) in [6.07, 6.45) is 6.69. The van der Waals surface area contributed by atoms with E-state index in [9.17, 15) is 4.79 Å². The Hall–Kier alpha value is -1.68. The fourth-order valence-corrected chi connectivity index (χ4v) is 1.11. The molecular weight excluding hydrogens is 204 g/mol. The van der Waals surface area contributed by atoms with Gasteiger partial charge in [0.05, 0.1) is 6.10 Å². The Labute approximate surface area is 95.0 Å². The van der Waals surface area contributed by atoms with Crippen molar-refractivity contribution in [3.8, 4) is 0 Å². The average Bonchev–Trinajstić information content (AvgIpc) is 2.27. The van der Waals surface area contributed by atoms with E-state index in [1.54, 1.807) is 25.4 Å². The summed E-state index contributed by atoms with van der Waals surface area (Å²) >= 11 is 0. The number of hydrogen-bond acceptors (Lipinski definition) is 3. The molecule has 1 aromatic rings. The zero-order chi connectivity index (χ0) is 11.8. The molecule has 0 spiro atoms. The minimum absolute atomic E-state index is 0.162. The highest BCUT2D eigenvalue weighted by Gasteiger charge is 1.97. The first-order chi connectivity index (χ1) is 7.68. The van der Waals surface area contributed by atoms with Crippen molar-refractivity contribution < 1.29 is 9.90 Å². The summed E-state index contributed by atoms with van der Waals surface area (Å²) in [5, 5.41) is 11.7. The third kappa shape index (κ3) is 5.26. The van der Waals surface area contributed by atoms with Crippen LogP contribution in [-0.4, -0.2) is 28.6 Å². The Balaban J connectivity index is 2.32. The Kier molecular flexibility index (Phi) is 5.22. The van der Waals surface area contributed by atoms with Gasteiger partial charge in [0.25, 0.3) is 0 Å². The summed E-state index contributed by atoms with van der Waals surface area (Å²) in [5.41, 5.74) is 0.883. The van der Waals surface area contributed by atoms with Gasteiger partial charge in [0.15, 0.2) is 0 Å². The summed E-state index contributed by atoms with van der Waals surface area (Å²) < 4.78 is 0. The highest BCUT2D eigenvalue weighted by Crippen LogP contribution is 1.97. The number of aromatic nitrogens is 1. The van der Waals surface area contributed by atoms with Crippen molar-refractivity contribution in [1.82, 2.24) is 10.3 Å². The number of carbonyl (C=O) groups excluding carboxylic acids is 1. The lowest BCUT2D eigenvalue weighted by Crippen LogP contribution is -2.24. The minimum atomic E-state index is -0.386. The predicted molar refractivity (Wildman–Crippen MR) is 62.6 cm³/mol. The number of nitrogens with zero attached hydrogens (tertiary/aromatic N) is 1. The van der Waals surface area contributed by atoms with Crippen LogP contribution < -0.4 is 5.32 Å². The lowest BCUT2D eigenvalue weighted by atomic mass is 10.2. The van der Waals surface area contributed by atoms with Gasteiger partial charge in [0.1, 0.15) is 0 Å². The normalized spacial score (nSPS) is 12.6. The van der Waals surface area contributed by atoms with Gasteiger partial charge in [-0.05, 0) is 31.1 Å². The molecular formula is C12H16N2O2. The molecule has 0 radical (unpaired) electrons. The standard InChI is InChI=1S/C12H16N2O2/c1-10(15)6-8-14-12(16)5-4-11-3-2-7-13-9-11/h2-5,7,9-10,15H,6,8H2,1H3,(H,14,16). The predicted octanol–water partition coefficient (Wildman–Crippen LogP) is 0.982. The van der Waals surface area contributed by atoms with E-state index >= 15 is 0 Å². The summed E-state index contributed by atoms with van der Waals surface area (Å²) in [4.78, 5) is 15.2. The van der Waals surface area contributed by atoms with Crippen LogP contribution in [0.15, 0.2) is 30.6 Å². The Morgan fingerprint density at radius 2 is 2.50 bits per heavy atom. The van der Waals surface area contributed by atoms with Crippen LogP contribution in [0.25, 0.3) is 6.08 Å². The monoisotopic (exact) mass is 220 g/mol. The minimum Gasteiger partial charge on any atom is -0.393 e. The van der Waals surface area contributed by atoms with Crippen LogP contribution >= 0.6 is 0 Å². The number of aliphatic hydroxyl groups excluding tert-OH is 1. The average molecular weight is 220 g/mol. The zero-order valence-electron chi connectivity index (χ0n) is 9.26. The largest absolute Gasteiger partial charge is 0.393 e. The van der Waals surface area contributed by atoms with Crippen LogP contribution in [-0.2, 0) is 4.79 Å². The Morgan fingerprint density at radius 3 is 3.12 bits per heavy atom. The van der Waals surface area contributed by atoms with Crippen LogP contribution in [0.1, 0.15) is 18.9 Å². The molecule has 1 heterocycles. The molecule has 0 saturated heterocycles. The molecule has 1 amide bonds. The van der Waals surface area contributed by atoms with Crippen molar-refractivity contribution in [3.05, 3.63) is 36.2 Å². The summed E-state index contributed by atoms with van der Waals surface area (Å²) in [5.74, 6) is -0.162. The molecule has 1 aromatic heterocycles. The van der Waals surface area contributed by atoms with Crippen LogP contribution in [0.2, 0.25) is 0 Å². The summed E-state index contributed by atoms with van der Waals surface area (Å²) in [6.45, 7) is 2.17. The smallest absolute Gasteiger partial charge is 0.244 e. The Bertz CT molecular complexity index is 347. The molecule has 1 unspecified atom stereocenters. The number of hydrogen-bond donors (Lipinski definition) is 2. The fourth-order valence-electron chi connectivity index (χ4n) is 1.11. The van der Waals surface area contributed by atoms with Gasteiger partial charge in [0.2, 0.25) is 5.91 Å². The molecule has 86 valence electrons. The molecule has 4 heteroatoms. The van der Waals surface area contributed by atoms with Gasteiger partial charge in [-0.25, -0.2) is 0 Å². The van der Waals surface area contributed by atoms with Gasteiger partial charge in [-0.2, -0.15) is 0 Å². The van der Waals surface area contributed by atoms with Crippen LogP contribution in [0.4, 0.5) is 0 Å². The van der Waals surface area contributed by atoms with Crippen molar-refractivity contribution >= 4 is 12.0 Å². The van der Waals surface area contributed by atoms with E-state index in [-0.39, 0.29) is 12.0 Å². The van der Waals surface area contributed by atoms with Gasteiger partial charge in [-0.1, -0.05) is 6.07 Å². The second-order valence-electron chi connectivity index (χ2n) is 3.55. The number of rotatable bonds is 5. The molecule has 1 atom stereocenters. The molecule has 0 fully saturated rings. The maximum atomic E-state index is 11.3. The number of nitrogens with one attached hydrogen (secondary N) is 1. The van der Waals surface area contributed by atoms with Crippen molar-refractivity contribution in [2.24, 2.45) is 0 Å². The molecule has 0 aliphatic rings. The van der Waals surface area contributed by atoms with Crippen molar-refractivity contribution in [2.75, 3.05) is 6.54 Å². The van der Waals surface area contributed by atoms with Crippen molar-refractivity contribution in [1.29, 1.82) is 0 Å². The second kappa shape index (κ2) is 6.74. The summed E-state index contributed by atoms with van der Waals surface area (Å²) in [7, 11) is 0. The number of amides is 1. The zero-order valence-corrected chi connectivity index (χ0v) is 9.26.